The van der Waals surface area contributed by atoms with E-state index in [2.05, 4.69) is 11.0 Å². The van der Waals surface area contributed by atoms with Crippen molar-refractivity contribution < 1.29 is 0 Å². The summed E-state index contributed by atoms with van der Waals surface area (Å²) in [5.41, 5.74) is 0. The Morgan fingerprint density at radius 1 is 0.929 bits per heavy atom. The van der Waals surface area contributed by atoms with Crippen molar-refractivity contribution in [2.45, 2.75) is 63.5 Å². The fraction of sp³-hybridized carbons (Fsp3) is 0.917. The molecular weight excluding hydrogens is 172 g/mol. The van der Waals surface area contributed by atoms with E-state index < -0.39 is 0 Å². The van der Waals surface area contributed by atoms with Crippen molar-refractivity contribution in [1.82, 2.24) is 4.90 Å². The number of rotatable bonds is 3. The van der Waals surface area contributed by atoms with Crippen LogP contribution in [-0.4, -0.2) is 23.5 Å². The molecule has 2 heteroatoms. The Balaban J connectivity index is 1.95. The molecular formula is C12H20N2. The first-order chi connectivity index (χ1) is 6.92. The van der Waals surface area contributed by atoms with E-state index >= 15 is 0 Å². The van der Waals surface area contributed by atoms with Crippen molar-refractivity contribution in [1.29, 1.82) is 5.26 Å². The lowest BCUT2D eigenvalue weighted by molar-refractivity contribution is 0.157. The van der Waals surface area contributed by atoms with E-state index in [-0.39, 0.29) is 0 Å². The lowest BCUT2D eigenvalue weighted by Crippen LogP contribution is -2.40. The van der Waals surface area contributed by atoms with Crippen LogP contribution in [0.25, 0.3) is 0 Å². The zero-order chi connectivity index (χ0) is 9.80. The van der Waals surface area contributed by atoms with Gasteiger partial charge in [-0.2, -0.15) is 5.26 Å². The molecule has 2 nitrogen and oxygen atoms in total. The van der Waals surface area contributed by atoms with Gasteiger partial charge in [0.1, 0.15) is 0 Å². The second-order valence-corrected chi connectivity index (χ2v) is 4.71. The highest BCUT2D eigenvalue weighted by Crippen LogP contribution is 2.30. The Morgan fingerprint density at radius 3 is 1.71 bits per heavy atom. The summed E-state index contributed by atoms with van der Waals surface area (Å²) in [5, 5.41) is 8.87. The van der Waals surface area contributed by atoms with Gasteiger partial charge in [-0.3, -0.25) is 4.90 Å². The van der Waals surface area contributed by atoms with E-state index in [1.54, 1.807) is 0 Å². The predicted molar refractivity (Wildman–Crippen MR) is 56.8 cm³/mol. The van der Waals surface area contributed by atoms with Crippen LogP contribution in [0.3, 0.4) is 0 Å². The first-order valence-electron chi connectivity index (χ1n) is 6.04. The van der Waals surface area contributed by atoms with Gasteiger partial charge < -0.3 is 0 Å². The fourth-order valence-electron chi connectivity index (χ4n) is 3.11. The third kappa shape index (κ3) is 2.09. The molecule has 0 radical (unpaired) electrons. The molecule has 2 aliphatic carbocycles. The van der Waals surface area contributed by atoms with Crippen LogP contribution in [0.4, 0.5) is 0 Å². The zero-order valence-corrected chi connectivity index (χ0v) is 8.91. The topological polar surface area (TPSA) is 27.0 Å². The highest BCUT2D eigenvalue weighted by molar-refractivity contribution is 4.90. The SMILES string of the molecule is N#CCN(C1CCCC1)C1CCCC1. The summed E-state index contributed by atoms with van der Waals surface area (Å²) in [6.07, 6.45) is 10.8. The maximum atomic E-state index is 8.87. The molecule has 0 aliphatic heterocycles. The van der Waals surface area contributed by atoms with E-state index in [9.17, 15) is 0 Å². The third-order valence-corrected chi connectivity index (χ3v) is 3.84. The van der Waals surface area contributed by atoms with Gasteiger partial charge in [0.2, 0.25) is 0 Å². The number of hydrogen-bond donors (Lipinski definition) is 0. The van der Waals surface area contributed by atoms with Crippen molar-refractivity contribution >= 4 is 0 Å². The molecule has 0 spiro atoms. The van der Waals surface area contributed by atoms with Gasteiger partial charge in [0, 0.05) is 12.1 Å². The minimum Gasteiger partial charge on any atom is -0.285 e. The van der Waals surface area contributed by atoms with Crippen LogP contribution >= 0.6 is 0 Å². The number of nitriles is 1. The highest BCUT2D eigenvalue weighted by atomic mass is 15.2. The van der Waals surface area contributed by atoms with E-state index in [0.717, 1.165) is 12.1 Å². The standard InChI is InChI=1S/C12H20N2/c13-9-10-14(11-5-1-2-6-11)12-7-3-4-8-12/h11-12H,1-8,10H2. The van der Waals surface area contributed by atoms with Crippen LogP contribution < -0.4 is 0 Å². The van der Waals surface area contributed by atoms with Gasteiger partial charge in [-0.1, -0.05) is 25.7 Å². The Labute approximate surface area is 86.9 Å². The van der Waals surface area contributed by atoms with E-state index in [1.807, 2.05) is 0 Å². The molecule has 78 valence electrons. The predicted octanol–water partition coefficient (Wildman–Crippen LogP) is 2.70. The molecule has 0 aromatic heterocycles. The first-order valence-corrected chi connectivity index (χ1v) is 6.04. The molecule has 0 unspecified atom stereocenters. The Hall–Kier alpha value is -0.550. The zero-order valence-electron chi connectivity index (χ0n) is 8.91. The largest absolute Gasteiger partial charge is 0.285 e. The van der Waals surface area contributed by atoms with Crippen LogP contribution in [0.2, 0.25) is 0 Å². The molecule has 2 fully saturated rings. The van der Waals surface area contributed by atoms with Gasteiger partial charge in [-0.25, -0.2) is 0 Å². The van der Waals surface area contributed by atoms with Crippen molar-refractivity contribution in [3.8, 4) is 6.07 Å². The van der Waals surface area contributed by atoms with Crippen molar-refractivity contribution in [2.24, 2.45) is 0 Å². The first kappa shape index (κ1) is 9.98. The Morgan fingerprint density at radius 2 is 1.36 bits per heavy atom. The summed E-state index contributed by atoms with van der Waals surface area (Å²) in [4.78, 5) is 2.50. The summed E-state index contributed by atoms with van der Waals surface area (Å²) in [5.74, 6) is 0. The van der Waals surface area contributed by atoms with Crippen LogP contribution in [0.15, 0.2) is 0 Å². The molecule has 0 N–H and O–H groups in total. The fourth-order valence-corrected chi connectivity index (χ4v) is 3.11. The van der Waals surface area contributed by atoms with E-state index in [4.69, 9.17) is 5.26 Å². The Kier molecular flexibility index (Phi) is 3.42. The van der Waals surface area contributed by atoms with Crippen LogP contribution in [0.1, 0.15) is 51.4 Å². The van der Waals surface area contributed by atoms with E-state index in [1.165, 1.54) is 51.4 Å². The number of nitrogens with zero attached hydrogens (tertiary/aromatic N) is 2. The Bertz CT molecular complexity index is 191. The average molecular weight is 192 g/mol. The van der Waals surface area contributed by atoms with Crippen LogP contribution in [0, 0.1) is 11.3 Å². The molecule has 0 amide bonds. The molecule has 0 heterocycles. The highest BCUT2D eigenvalue weighted by Gasteiger charge is 2.29. The average Bonchev–Trinajstić information content (AvgIpc) is 2.87. The van der Waals surface area contributed by atoms with Gasteiger partial charge in [0.15, 0.2) is 0 Å². The maximum absolute atomic E-state index is 8.87. The summed E-state index contributed by atoms with van der Waals surface area (Å²) >= 11 is 0. The molecule has 2 rings (SSSR count). The number of hydrogen-bond acceptors (Lipinski definition) is 2. The van der Waals surface area contributed by atoms with Crippen LogP contribution in [-0.2, 0) is 0 Å². The normalized spacial score (nSPS) is 24.6. The maximum Gasteiger partial charge on any atom is 0.0870 e. The van der Waals surface area contributed by atoms with Gasteiger partial charge in [0.25, 0.3) is 0 Å². The van der Waals surface area contributed by atoms with Crippen molar-refractivity contribution in [3.63, 3.8) is 0 Å². The smallest absolute Gasteiger partial charge is 0.0870 e. The summed E-state index contributed by atoms with van der Waals surface area (Å²) in [6.45, 7) is 0.662. The lowest BCUT2D eigenvalue weighted by atomic mass is 10.1. The quantitative estimate of drug-likeness (QED) is 0.643. The van der Waals surface area contributed by atoms with E-state index in [0.29, 0.717) is 6.54 Å². The minimum atomic E-state index is 0.662. The van der Waals surface area contributed by atoms with Gasteiger partial charge in [-0.15, -0.1) is 0 Å². The van der Waals surface area contributed by atoms with Gasteiger partial charge in [0.05, 0.1) is 12.6 Å². The van der Waals surface area contributed by atoms with Crippen LogP contribution in [0.5, 0.6) is 0 Å². The van der Waals surface area contributed by atoms with Crippen molar-refractivity contribution in [3.05, 3.63) is 0 Å². The summed E-state index contributed by atoms with van der Waals surface area (Å²) in [6, 6.07) is 3.82. The molecule has 2 saturated carbocycles. The minimum absolute atomic E-state index is 0.662. The monoisotopic (exact) mass is 192 g/mol. The molecule has 0 atom stereocenters. The summed E-state index contributed by atoms with van der Waals surface area (Å²) < 4.78 is 0. The third-order valence-electron chi connectivity index (χ3n) is 3.84. The summed E-state index contributed by atoms with van der Waals surface area (Å²) in [7, 11) is 0. The molecule has 14 heavy (non-hydrogen) atoms. The molecule has 0 aromatic carbocycles. The molecule has 0 bridgehead atoms. The molecule has 0 saturated heterocycles. The lowest BCUT2D eigenvalue weighted by Gasteiger charge is -2.32. The molecule has 0 aromatic rings. The van der Waals surface area contributed by atoms with Gasteiger partial charge >= 0.3 is 0 Å². The second-order valence-electron chi connectivity index (χ2n) is 4.71. The van der Waals surface area contributed by atoms with Crippen molar-refractivity contribution in [2.75, 3.05) is 6.54 Å². The van der Waals surface area contributed by atoms with Gasteiger partial charge in [-0.05, 0) is 25.7 Å². The second kappa shape index (κ2) is 4.79. The molecule has 2 aliphatic rings.